The smallest absolute Gasteiger partial charge is 0.123 e. The summed E-state index contributed by atoms with van der Waals surface area (Å²) < 4.78 is 16.5. The lowest BCUT2D eigenvalue weighted by Crippen LogP contribution is -2.10. The highest BCUT2D eigenvalue weighted by Crippen LogP contribution is 2.23. The van der Waals surface area contributed by atoms with Gasteiger partial charge in [-0.3, -0.25) is 0 Å². The topological polar surface area (TPSA) is 53.7 Å². The third kappa shape index (κ3) is 4.35. The molecule has 5 heteroatoms. The summed E-state index contributed by atoms with van der Waals surface area (Å²) in [5.74, 6) is 1.43. The summed E-state index contributed by atoms with van der Waals surface area (Å²) in [7, 11) is 1.61. The van der Waals surface area contributed by atoms with Crippen LogP contribution in [0.3, 0.4) is 0 Å². The lowest BCUT2D eigenvalue weighted by Gasteiger charge is -2.12. The molecule has 20 heavy (non-hydrogen) atoms. The molecule has 0 amide bonds. The Balaban J connectivity index is 1.84. The molecule has 2 rings (SSSR count). The van der Waals surface area contributed by atoms with Gasteiger partial charge in [-0.25, -0.2) is 0 Å². The van der Waals surface area contributed by atoms with Gasteiger partial charge in [-0.2, -0.15) is 0 Å². The number of hydrogen-bond donors (Lipinski definition) is 1. The van der Waals surface area contributed by atoms with Crippen LogP contribution in [0.5, 0.6) is 11.5 Å². The predicted octanol–water partition coefficient (Wildman–Crippen LogP) is 2.67. The highest BCUT2D eigenvalue weighted by atomic mass is 32.1. The standard InChI is InChI=1S/C15H21NO3S/c1-17-13-8-11(15(16)20)9-14(10-13)19-7-3-5-12-4-2-6-18-12/h8-10,12H,2-7H2,1H3,(H2,16,20). The highest BCUT2D eigenvalue weighted by molar-refractivity contribution is 7.80. The van der Waals surface area contributed by atoms with Crippen molar-refractivity contribution < 1.29 is 14.2 Å². The van der Waals surface area contributed by atoms with Crippen LogP contribution in [-0.4, -0.2) is 31.4 Å². The zero-order valence-corrected chi connectivity index (χ0v) is 12.6. The van der Waals surface area contributed by atoms with Crippen molar-refractivity contribution in [2.45, 2.75) is 31.8 Å². The lowest BCUT2D eigenvalue weighted by atomic mass is 10.1. The van der Waals surface area contributed by atoms with E-state index in [1.807, 2.05) is 18.2 Å². The summed E-state index contributed by atoms with van der Waals surface area (Å²) in [5, 5.41) is 0. The number of thiocarbonyl (C=S) groups is 1. The number of rotatable bonds is 7. The van der Waals surface area contributed by atoms with E-state index in [1.54, 1.807) is 7.11 Å². The van der Waals surface area contributed by atoms with Crippen LogP contribution < -0.4 is 15.2 Å². The van der Waals surface area contributed by atoms with Crippen molar-refractivity contribution in [3.8, 4) is 11.5 Å². The third-order valence-electron chi connectivity index (χ3n) is 3.36. The van der Waals surface area contributed by atoms with Crippen LogP contribution in [-0.2, 0) is 4.74 Å². The van der Waals surface area contributed by atoms with Crippen LogP contribution in [0.4, 0.5) is 0 Å². The molecule has 4 nitrogen and oxygen atoms in total. The summed E-state index contributed by atoms with van der Waals surface area (Å²) >= 11 is 4.99. The Hall–Kier alpha value is -1.33. The molecular weight excluding hydrogens is 274 g/mol. The molecule has 2 N–H and O–H groups in total. The molecule has 1 aromatic rings. The number of hydrogen-bond acceptors (Lipinski definition) is 4. The van der Waals surface area contributed by atoms with Gasteiger partial charge < -0.3 is 19.9 Å². The van der Waals surface area contributed by atoms with Gasteiger partial charge in [-0.05, 0) is 37.8 Å². The van der Waals surface area contributed by atoms with E-state index in [0.717, 1.165) is 30.8 Å². The number of ether oxygens (including phenoxy) is 3. The Morgan fingerprint density at radius 1 is 1.40 bits per heavy atom. The summed E-state index contributed by atoms with van der Waals surface area (Å²) in [4.78, 5) is 0.341. The molecule has 1 atom stereocenters. The van der Waals surface area contributed by atoms with Crippen LogP contribution in [0, 0.1) is 0 Å². The third-order valence-corrected chi connectivity index (χ3v) is 3.60. The van der Waals surface area contributed by atoms with Gasteiger partial charge in [0.1, 0.15) is 16.5 Å². The largest absolute Gasteiger partial charge is 0.497 e. The Morgan fingerprint density at radius 2 is 2.20 bits per heavy atom. The summed E-state index contributed by atoms with van der Waals surface area (Å²) in [5.41, 5.74) is 6.41. The van der Waals surface area contributed by atoms with Crippen molar-refractivity contribution >= 4 is 17.2 Å². The van der Waals surface area contributed by atoms with Crippen LogP contribution in [0.25, 0.3) is 0 Å². The molecular formula is C15H21NO3S. The van der Waals surface area contributed by atoms with E-state index in [4.69, 9.17) is 32.2 Å². The quantitative estimate of drug-likeness (QED) is 0.619. The number of nitrogens with two attached hydrogens (primary N) is 1. The maximum absolute atomic E-state index is 5.75. The average molecular weight is 295 g/mol. The Morgan fingerprint density at radius 3 is 2.85 bits per heavy atom. The fourth-order valence-electron chi connectivity index (χ4n) is 2.29. The van der Waals surface area contributed by atoms with E-state index >= 15 is 0 Å². The molecule has 0 radical (unpaired) electrons. The summed E-state index contributed by atoms with van der Waals surface area (Å²) in [6, 6.07) is 5.49. The molecule has 1 fully saturated rings. The van der Waals surface area contributed by atoms with E-state index in [2.05, 4.69) is 0 Å². The van der Waals surface area contributed by atoms with Gasteiger partial charge >= 0.3 is 0 Å². The minimum Gasteiger partial charge on any atom is -0.497 e. The molecule has 1 aliphatic rings. The van der Waals surface area contributed by atoms with Gasteiger partial charge in [-0.1, -0.05) is 12.2 Å². The van der Waals surface area contributed by atoms with Crippen molar-refractivity contribution in [3.05, 3.63) is 23.8 Å². The van der Waals surface area contributed by atoms with Crippen LogP contribution in [0.15, 0.2) is 18.2 Å². The number of methoxy groups -OCH3 is 1. The molecule has 110 valence electrons. The monoisotopic (exact) mass is 295 g/mol. The van der Waals surface area contributed by atoms with Gasteiger partial charge in [0.2, 0.25) is 0 Å². The van der Waals surface area contributed by atoms with Crippen LogP contribution in [0.1, 0.15) is 31.2 Å². The van der Waals surface area contributed by atoms with Gasteiger partial charge in [-0.15, -0.1) is 0 Å². The van der Waals surface area contributed by atoms with E-state index in [0.29, 0.717) is 23.4 Å². The first-order valence-corrected chi connectivity index (χ1v) is 7.33. The van der Waals surface area contributed by atoms with Gasteiger partial charge in [0.25, 0.3) is 0 Å². The molecule has 1 unspecified atom stereocenters. The molecule has 1 heterocycles. The highest BCUT2D eigenvalue weighted by Gasteiger charge is 2.14. The van der Waals surface area contributed by atoms with Crippen LogP contribution >= 0.6 is 12.2 Å². The van der Waals surface area contributed by atoms with Gasteiger partial charge in [0.05, 0.1) is 19.8 Å². The average Bonchev–Trinajstić information content (AvgIpc) is 2.96. The Kier molecular flexibility index (Phi) is 5.61. The molecule has 0 bridgehead atoms. The zero-order chi connectivity index (χ0) is 14.4. The van der Waals surface area contributed by atoms with E-state index in [9.17, 15) is 0 Å². The molecule has 0 saturated carbocycles. The predicted molar refractivity (Wildman–Crippen MR) is 82.6 cm³/mol. The van der Waals surface area contributed by atoms with Crippen molar-refractivity contribution in [1.82, 2.24) is 0 Å². The second-order valence-corrected chi connectivity index (χ2v) is 5.33. The van der Waals surface area contributed by atoms with E-state index < -0.39 is 0 Å². The number of benzene rings is 1. The Bertz CT molecular complexity index is 458. The fraction of sp³-hybridized carbons (Fsp3) is 0.533. The fourth-order valence-corrected chi connectivity index (χ4v) is 2.41. The Labute approximate surface area is 125 Å². The summed E-state index contributed by atoms with van der Waals surface area (Å²) in [6.45, 7) is 1.56. The van der Waals surface area contributed by atoms with Crippen molar-refractivity contribution in [3.63, 3.8) is 0 Å². The second kappa shape index (κ2) is 7.45. The van der Waals surface area contributed by atoms with Gasteiger partial charge in [0.15, 0.2) is 0 Å². The maximum atomic E-state index is 5.75. The minimum absolute atomic E-state index is 0.341. The van der Waals surface area contributed by atoms with Gasteiger partial charge in [0, 0.05) is 18.2 Å². The zero-order valence-electron chi connectivity index (χ0n) is 11.8. The molecule has 0 aliphatic carbocycles. The van der Waals surface area contributed by atoms with E-state index in [1.165, 1.54) is 12.8 Å². The molecule has 1 aliphatic heterocycles. The SMILES string of the molecule is COc1cc(OCCCC2CCCO2)cc(C(N)=S)c1. The molecule has 0 aromatic heterocycles. The molecule has 1 aromatic carbocycles. The lowest BCUT2D eigenvalue weighted by molar-refractivity contribution is 0.0981. The molecule has 1 saturated heterocycles. The first-order chi connectivity index (χ1) is 9.69. The molecule has 0 spiro atoms. The minimum atomic E-state index is 0.341. The van der Waals surface area contributed by atoms with Crippen molar-refractivity contribution in [2.24, 2.45) is 5.73 Å². The van der Waals surface area contributed by atoms with Crippen molar-refractivity contribution in [1.29, 1.82) is 0 Å². The van der Waals surface area contributed by atoms with Crippen molar-refractivity contribution in [2.75, 3.05) is 20.3 Å². The van der Waals surface area contributed by atoms with Crippen LogP contribution in [0.2, 0.25) is 0 Å². The first kappa shape index (κ1) is 15.1. The first-order valence-electron chi connectivity index (χ1n) is 6.92. The second-order valence-electron chi connectivity index (χ2n) is 4.89. The normalized spacial score (nSPS) is 17.9. The van der Waals surface area contributed by atoms with E-state index in [-0.39, 0.29) is 0 Å². The summed E-state index contributed by atoms with van der Waals surface area (Å²) in [6.07, 6.45) is 4.79. The maximum Gasteiger partial charge on any atom is 0.123 e.